The van der Waals surface area contributed by atoms with E-state index >= 15 is 0 Å². The maximum atomic E-state index is 13.0. The molecule has 0 unspecified atom stereocenters. The van der Waals surface area contributed by atoms with Crippen molar-refractivity contribution in [1.82, 2.24) is 4.90 Å². The SMILES string of the molecule is CC(C)N(CCO)C(=O)c1cc(F)c(F)c(F)c1. The monoisotopic (exact) mass is 261 g/mol. The van der Waals surface area contributed by atoms with E-state index < -0.39 is 23.4 Å². The highest BCUT2D eigenvalue weighted by molar-refractivity contribution is 5.94. The molecule has 0 aliphatic carbocycles. The third-order valence-electron chi connectivity index (χ3n) is 2.46. The highest BCUT2D eigenvalue weighted by Gasteiger charge is 2.21. The van der Waals surface area contributed by atoms with E-state index in [1.165, 1.54) is 4.90 Å². The van der Waals surface area contributed by atoms with Gasteiger partial charge in [0.2, 0.25) is 0 Å². The first-order valence-electron chi connectivity index (χ1n) is 5.44. The van der Waals surface area contributed by atoms with Gasteiger partial charge in [-0.15, -0.1) is 0 Å². The van der Waals surface area contributed by atoms with E-state index in [4.69, 9.17) is 5.11 Å². The summed E-state index contributed by atoms with van der Waals surface area (Å²) in [6, 6.07) is 1.04. The first-order valence-corrected chi connectivity index (χ1v) is 5.44. The van der Waals surface area contributed by atoms with Crippen LogP contribution in [-0.4, -0.2) is 35.1 Å². The van der Waals surface area contributed by atoms with Gasteiger partial charge in [-0.3, -0.25) is 4.79 Å². The Morgan fingerprint density at radius 2 is 1.78 bits per heavy atom. The molecule has 6 heteroatoms. The number of carbonyl (C=O) groups is 1. The Labute approximate surface area is 103 Å². The Hall–Kier alpha value is -1.56. The van der Waals surface area contributed by atoms with Crippen LogP contribution < -0.4 is 0 Å². The van der Waals surface area contributed by atoms with Crippen LogP contribution in [0.2, 0.25) is 0 Å². The zero-order valence-corrected chi connectivity index (χ0v) is 10.1. The van der Waals surface area contributed by atoms with Gasteiger partial charge in [0.25, 0.3) is 5.91 Å². The summed E-state index contributed by atoms with van der Waals surface area (Å²) in [7, 11) is 0. The molecule has 1 amide bonds. The number of amides is 1. The molecule has 100 valence electrons. The highest BCUT2D eigenvalue weighted by atomic mass is 19.2. The molecule has 0 atom stereocenters. The topological polar surface area (TPSA) is 40.5 Å². The predicted molar refractivity (Wildman–Crippen MR) is 59.6 cm³/mol. The summed E-state index contributed by atoms with van der Waals surface area (Å²) in [6.07, 6.45) is 0. The number of aliphatic hydroxyl groups is 1. The summed E-state index contributed by atoms with van der Waals surface area (Å²) in [5, 5.41) is 8.83. The molecule has 18 heavy (non-hydrogen) atoms. The molecule has 1 rings (SSSR count). The molecule has 0 spiro atoms. The maximum absolute atomic E-state index is 13.0. The summed E-state index contributed by atoms with van der Waals surface area (Å²) in [5.74, 6) is -5.08. The number of hydrogen-bond acceptors (Lipinski definition) is 2. The van der Waals surface area contributed by atoms with Crippen molar-refractivity contribution in [3.05, 3.63) is 35.1 Å². The fraction of sp³-hybridized carbons (Fsp3) is 0.417. The molecule has 0 aliphatic heterocycles. The van der Waals surface area contributed by atoms with Crippen LogP contribution in [-0.2, 0) is 0 Å². The van der Waals surface area contributed by atoms with Gasteiger partial charge >= 0.3 is 0 Å². The van der Waals surface area contributed by atoms with Crippen LogP contribution in [0.5, 0.6) is 0 Å². The lowest BCUT2D eigenvalue weighted by Crippen LogP contribution is -2.39. The van der Waals surface area contributed by atoms with E-state index in [-0.39, 0.29) is 24.8 Å². The Balaban J connectivity index is 3.09. The Bertz CT molecular complexity index is 426. The zero-order valence-electron chi connectivity index (χ0n) is 10.1. The molecule has 1 N–H and O–H groups in total. The van der Waals surface area contributed by atoms with Crippen LogP contribution in [0.1, 0.15) is 24.2 Å². The lowest BCUT2D eigenvalue weighted by Gasteiger charge is -2.26. The van der Waals surface area contributed by atoms with Gasteiger partial charge in [-0.05, 0) is 26.0 Å². The van der Waals surface area contributed by atoms with E-state index in [1.807, 2.05) is 0 Å². The second-order valence-electron chi connectivity index (χ2n) is 4.07. The molecule has 0 bridgehead atoms. The van der Waals surface area contributed by atoms with E-state index in [9.17, 15) is 18.0 Å². The van der Waals surface area contributed by atoms with Gasteiger partial charge in [0.15, 0.2) is 17.5 Å². The third-order valence-corrected chi connectivity index (χ3v) is 2.46. The minimum absolute atomic E-state index is 0.0388. The molecule has 0 heterocycles. The van der Waals surface area contributed by atoms with Gasteiger partial charge in [-0.2, -0.15) is 0 Å². The van der Waals surface area contributed by atoms with Gasteiger partial charge in [-0.1, -0.05) is 0 Å². The first-order chi connectivity index (χ1) is 8.38. The van der Waals surface area contributed by atoms with Gasteiger partial charge < -0.3 is 10.0 Å². The molecule has 0 fully saturated rings. The first kappa shape index (κ1) is 14.5. The van der Waals surface area contributed by atoms with Crippen molar-refractivity contribution in [2.45, 2.75) is 19.9 Å². The summed E-state index contributed by atoms with van der Waals surface area (Å²) in [4.78, 5) is 13.2. The van der Waals surface area contributed by atoms with Crippen LogP contribution in [0, 0.1) is 17.5 Å². The second kappa shape index (κ2) is 5.86. The maximum Gasteiger partial charge on any atom is 0.254 e. The van der Waals surface area contributed by atoms with Crippen LogP contribution in [0.25, 0.3) is 0 Å². The van der Waals surface area contributed by atoms with E-state index in [0.29, 0.717) is 12.1 Å². The Kier molecular flexibility index (Phi) is 4.72. The van der Waals surface area contributed by atoms with Crippen LogP contribution in [0.15, 0.2) is 12.1 Å². The lowest BCUT2D eigenvalue weighted by atomic mass is 10.1. The molecule has 1 aromatic carbocycles. The average Bonchev–Trinajstić information content (AvgIpc) is 2.31. The molecule has 0 saturated heterocycles. The molecule has 0 aromatic heterocycles. The van der Waals surface area contributed by atoms with E-state index in [1.54, 1.807) is 13.8 Å². The number of benzene rings is 1. The van der Waals surface area contributed by atoms with Gasteiger partial charge in [0.1, 0.15) is 0 Å². The molecule has 1 aromatic rings. The Morgan fingerprint density at radius 1 is 1.28 bits per heavy atom. The standard InChI is InChI=1S/C12H14F3NO2/c1-7(2)16(3-4-17)12(18)8-5-9(13)11(15)10(14)6-8/h5-7,17H,3-4H2,1-2H3. The molecular weight excluding hydrogens is 247 g/mol. The smallest absolute Gasteiger partial charge is 0.254 e. The quantitative estimate of drug-likeness (QED) is 0.841. The normalized spacial score (nSPS) is 10.8. The van der Waals surface area contributed by atoms with Crippen molar-refractivity contribution in [2.75, 3.05) is 13.2 Å². The largest absolute Gasteiger partial charge is 0.395 e. The van der Waals surface area contributed by atoms with Gasteiger partial charge in [-0.25, -0.2) is 13.2 Å². The zero-order chi connectivity index (χ0) is 13.9. The van der Waals surface area contributed by atoms with Crippen molar-refractivity contribution < 1.29 is 23.1 Å². The van der Waals surface area contributed by atoms with Crippen molar-refractivity contribution in [3.63, 3.8) is 0 Å². The summed E-state index contributed by atoms with van der Waals surface area (Å²) in [6.45, 7) is 3.17. The fourth-order valence-corrected chi connectivity index (χ4v) is 1.55. The molecule has 0 aliphatic rings. The van der Waals surface area contributed by atoms with Crippen molar-refractivity contribution in [1.29, 1.82) is 0 Å². The van der Waals surface area contributed by atoms with E-state index in [2.05, 4.69) is 0 Å². The summed E-state index contributed by atoms with van der Waals surface area (Å²) in [5.41, 5.74) is -0.284. The molecule has 0 saturated carbocycles. The van der Waals surface area contributed by atoms with E-state index in [0.717, 1.165) is 0 Å². The molecule has 0 radical (unpaired) electrons. The number of rotatable bonds is 4. The minimum atomic E-state index is -1.61. The van der Waals surface area contributed by atoms with Crippen LogP contribution in [0.4, 0.5) is 13.2 Å². The average molecular weight is 261 g/mol. The summed E-state index contributed by atoms with van der Waals surface area (Å²) >= 11 is 0. The summed E-state index contributed by atoms with van der Waals surface area (Å²) < 4.78 is 38.8. The second-order valence-corrected chi connectivity index (χ2v) is 4.07. The third kappa shape index (κ3) is 3.01. The number of halogens is 3. The molecule has 3 nitrogen and oxygen atoms in total. The van der Waals surface area contributed by atoms with Crippen molar-refractivity contribution in [2.24, 2.45) is 0 Å². The Morgan fingerprint density at radius 3 is 2.17 bits per heavy atom. The van der Waals surface area contributed by atoms with Crippen molar-refractivity contribution >= 4 is 5.91 Å². The number of nitrogens with zero attached hydrogens (tertiary/aromatic N) is 1. The minimum Gasteiger partial charge on any atom is -0.395 e. The van der Waals surface area contributed by atoms with Crippen molar-refractivity contribution in [3.8, 4) is 0 Å². The van der Waals surface area contributed by atoms with Gasteiger partial charge in [0, 0.05) is 18.2 Å². The molecular formula is C12H14F3NO2. The fourth-order valence-electron chi connectivity index (χ4n) is 1.55. The van der Waals surface area contributed by atoms with Crippen LogP contribution >= 0.6 is 0 Å². The highest BCUT2D eigenvalue weighted by Crippen LogP contribution is 2.16. The number of aliphatic hydroxyl groups excluding tert-OH is 1. The number of hydrogen-bond donors (Lipinski definition) is 1. The predicted octanol–water partition coefficient (Wildman–Crippen LogP) is 1.95. The van der Waals surface area contributed by atoms with Gasteiger partial charge in [0.05, 0.1) is 6.61 Å². The van der Waals surface area contributed by atoms with Crippen LogP contribution in [0.3, 0.4) is 0 Å². The lowest BCUT2D eigenvalue weighted by molar-refractivity contribution is 0.0664. The number of carbonyl (C=O) groups excluding carboxylic acids is 1.